The Morgan fingerprint density at radius 2 is 1.71 bits per heavy atom. The maximum Gasteiger partial charge on any atom is 0.416 e. The highest BCUT2D eigenvalue weighted by Crippen LogP contribution is 2.32. The second kappa shape index (κ2) is 6.23. The number of benzene rings is 2. The van der Waals surface area contributed by atoms with Gasteiger partial charge in [0.2, 0.25) is 0 Å². The van der Waals surface area contributed by atoms with E-state index in [4.69, 9.17) is 11.6 Å². The van der Waals surface area contributed by atoms with Crippen LogP contribution in [0.5, 0.6) is 0 Å². The molecule has 2 aromatic rings. The van der Waals surface area contributed by atoms with Gasteiger partial charge in [-0.3, -0.25) is 0 Å². The molecule has 0 spiro atoms. The molecule has 2 aromatic carbocycles. The Hall–Kier alpha value is -1.27. The summed E-state index contributed by atoms with van der Waals surface area (Å²) in [4.78, 5) is 0. The SMILES string of the molecule is Fc1cc(Cl)c(NCc2ccc(C(F)(F)F)cc2)c(Br)c1. The third-order valence-corrected chi connectivity index (χ3v) is 3.68. The number of anilines is 1. The van der Waals surface area contributed by atoms with Crippen LogP contribution < -0.4 is 5.32 Å². The summed E-state index contributed by atoms with van der Waals surface area (Å²) < 4.78 is 50.8. The Morgan fingerprint density at radius 3 is 2.24 bits per heavy atom. The summed E-state index contributed by atoms with van der Waals surface area (Å²) >= 11 is 9.08. The van der Waals surface area contributed by atoms with Gasteiger partial charge in [-0.2, -0.15) is 13.2 Å². The predicted molar refractivity (Wildman–Crippen MR) is 77.9 cm³/mol. The van der Waals surface area contributed by atoms with Crippen LogP contribution in [0.3, 0.4) is 0 Å². The van der Waals surface area contributed by atoms with Gasteiger partial charge in [0, 0.05) is 11.0 Å². The molecule has 0 heterocycles. The molecule has 2 rings (SSSR count). The number of hydrogen-bond acceptors (Lipinski definition) is 1. The highest BCUT2D eigenvalue weighted by atomic mass is 79.9. The first-order valence-electron chi connectivity index (χ1n) is 5.82. The summed E-state index contributed by atoms with van der Waals surface area (Å²) in [6.07, 6.45) is -4.35. The fourth-order valence-corrected chi connectivity index (χ4v) is 2.67. The van der Waals surface area contributed by atoms with E-state index in [0.29, 0.717) is 15.7 Å². The minimum atomic E-state index is -4.35. The molecule has 0 unspecified atom stereocenters. The van der Waals surface area contributed by atoms with Crippen LogP contribution in [0.25, 0.3) is 0 Å². The van der Waals surface area contributed by atoms with Crippen molar-refractivity contribution in [3.63, 3.8) is 0 Å². The second-order valence-electron chi connectivity index (χ2n) is 4.29. The third-order valence-electron chi connectivity index (χ3n) is 2.76. The lowest BCUT2D eigenvalue weighted by atomic mass is 10.1. The van der Waals surface area contributed by atoms with Crippen LogP contribution in [0.4, 0.5) is 23.2 Å². The van der Waals surface area contributed by atoms with E-state index in [1.54, 1.807) is 0 Å². The van der Waals surface area contributed by atoms with Crippen molar-refractivity contribution in [3.05, 3.63) is 62.8 Å². The summed E-state index contributed by atoms with van der Waals surface area (Å²) in [5, 5.41) is 3.14. The van der Waals surface area contributed by atoms with Crippen molar-refractivity contribution in [2.45, 2.75) is 12.7 Å². The Balaban J connectivity index is 2.10. The number of hydrogen-bond donors (Lipinski definition) is 1. The zero-order chi connectivity index (χ0) is 15.6. The van der Waals surface area contributed by atoms with Crippen LogP contribution in [0.2, 0.25) is 5.02 Å². The van der Waals surface area contributed by atoms with Gasteiger partial charge in [0.25, 0.3) is 0 Å². The van der Waals surface area contributed by atoms with E-state index in [9.17, 15) is 17.6 Å². The molecule has 0 aromatic heterocycles. The molecule has 0 saturated carbocycles. The van der Waals surface area contributed by atoms with Gasteiger partial charge in [0.05, 0.1) is 16.3 Å². The lowest BCUT2D eigenvalue weighted by Gasteiger charge is -2.12. The molecule has 7 heteroatoms. The minimum absolute atomic E-state index is 0.189. The molecule has 0 amide bonds. The first-order chi connectivity index (χ1) is 9.77. The Labute approximate surface area is 132 Å². The molecule has 0 saturated heterocycles. The molecule has 0 atom stereocenters. The van der Waals surface area contributed by atoms with Crippen LogP contribution in [0.1, 0.15) is 11.1 Å². The van der Waals surface area contributed by atoms with Gasteiger partial charge in [-0.25, -0.2) is 4.39 Å². The zero-order valence-corrected chi connectivity index (χ0v) is 12.8. The molecule has 1 nitrogen and oxygen atoms in total. The Bertz CT molecular complexity index is 617. The van der Waals surface area contributed by atoms with E-state index in [1.807, 2.05) is 0 Å². The summed E-state index contributed by atoms with van der Waals surface area (Å²) in [5.41, 5.74) is 0.431. The molecule has 0 aliphatic rings. The second-order valence-corrected chi connectivity index (χ2v) is 5.55. The molecular weight excluding hydrogens is 374 g/mol. The zero-order valence-electron chi connectivity index (χ0n) is 10.4. The van der Waals surface area contributed by atoms with Gasteiger partial charge in [0.15, 0.2) is 0 Å². The third kappa shape index (κ3) is 4.11. The van der Waals surface area contributed by atoms with Gasteiger partial charge >= 0.3 is 6.18 Å². The molecule has 112 valence electrons. The lowest BCUT2D eigenvalue weighted by Crippen LogP contribution is -2.06. The average molecular weight is 383 g/mol. The van der Waals surface area contributed by atoms with Crippen LogP contribution in [-0.4, -0.2) is 0 Å². The Kier molecular flexibility index (Phi) is 4.78. The van der Waals surface area contributed by atoms with Crippen molar-refractivity contribution < 1.29 is 17.6 Å². The van der Waals surface area contributed by atoms with Gasteiger partial charge < -0.3 is 5.32 Å². The molecule has 0 aliphatic carbocycles. The fourth-order valence-electron chi connectivity index (χ4n) is 1.71. The topological polar surface area (TPSA) is 12.0 Å². The first kappa shape index (κ1) is 16.1. The van der Waals surface area contributed by atoms with Gasteiger partial charge in [0.1, 0.15) is 5.82 Å². The van der Waals surface area contributed by atoms with Crippen molar-refractivity contribution >= 4 is 33.2 Å². The van der Waals surface area contributed by atoms with E-state index >= 15 is 0 Å². The minimum Gasteiger partial charge on any atom is -0.379 e. The van der Waals surface area contributed by atoms with E-state index < -0.39 is 17.6 Å². The van der Waals surface area contributed by atoms with Crippen molar-refractivity contribution in [2.24, 2.45) is 0 Å². The normalized spacial score (nSPS) is 11.5. The molecule has 21 heavy (non-hydrogen) atoms. The standard InChI is InChI=1S/C14H9BrClF4N/c15-11-5-10(17)6-12(16)13(11)21-7-8-1-3-9(4-2-8)14(18,19)20/h1-6,21H,7H2. The van der Waals surface area contributed by atoms with E-state index in [1.165, 1.54) is 18.2 Å². The van der Waals surface area contributed by atoms with Crippen molar-refractivity contribution in [3.8, 4) is 0 Å². The quantitative estimate of drug-likeness (QED) is 0.654. The number of alkyl halides is 3. The largest absolute Gasteiger partial charge is 0.416 e. The summed E-state index contributed by atoms with van der Waals surface area (Å²) in [7, 11) is 0. The fraction of sp³-hybridized carbons (Fsp3) is 0.143. The summed E-state index contributed by atoms with van der Waals surface area (Å²) in [6.45, 7) is 0.266. The van der Waals surface area contributed by atoms with Crippen molar-refractivity contribution in [2.75, 3.05) is 5.32 Å². The molecule has 0 bridgehead atoms. The van der Waals surface area contributed by atoms with E-state index in [0.717, 1.165) is 18.2 Å². The number of nitrogens with one attached hydrogen (secondary N) is 1. The first-order valence-corrected chi connectivity index (χ1v) is 6.99. The highest BCUT2D eigenvalue weighted by molar-refractivity contribution is 9.10. The molecule has 1 N–H and O–H groups in total. The monoisotopic (exact) mass is 381 g/mol. The smallest absolute Gasteiger partial charge is 0.379 e. The van der Waals surface area contributed by atoms with Gasteiger partial charge in [-0.15, -0.1) is 0 Å². The van der Waals surface area contributed by atoms with Crippen molar-refractivity contribution in [1.82, 2.24) is 0 Å². The van der Waals surface area contributed by atoms with E-state index in [2.05, 4.69) is 21.2 Å². The molecule has 0 radical (unpaired) electrons. The number of halogens is 6. The Morgan fingerprint density at radius 1 is 1.10 bits per heavy atom. The van der Waals surface area contributed by atoms with Crippen LogP contribution >= 0.6 is 27.5 Å². The van der Waals surface area contributed by atoms with E-state index in [-0.39, 0.29) is 11.6 Å². The highest BCUT2D eigenvalue weighted by Gasteiger charge is 2.29. The molecule has 0 fully saturated rings. The van der Waals surface area contributed by atoms with Gasteiger partial charge in [-0.05, 0) is 45.8 Å². The average Bonchev–Trinajstić information content (AvgIpc) is 2.37. The van der Waals surface area contributed by atoms with Gasteiger partial charge in [-0.1, -0.05) is 23.7 Å². The van der Waals surface area contributed by atoms with Crippen LogP contribution in [0, 0.1) is 5.82 Å². The summed E-state index contributed by atoms with van der Waals surface area (Å²) in [5.74, 6) is -0.480. The maximum absolute atomic E-state index is 13.1. The lowest BCUT2D eigenvalue weighted by molar-refractivity contribution is -0.137. The van der Waals surface area contributed by atoms with Crippen LogP contribution in [0.15, 0.2) is 40.9 Å². The maximum atomic E-state index is 13.1. The summed E-state index contributed by atoms with van der Waals surface area (Å²) in [6, 6.07) is 7.18. The molecule has 0 aliphatic heterocycles. The number of rotatable bonds is 3. The molecular formula is C14H9BrClF4N. The van der Waals surface area contributed by atoms with Crippen molar-refractivity contribution in [1.29, 1.82) is 0 Å². The van der Waals surface area contributed by atoms with Crippen LogP contribution in [-0.2, 0) is 12.7 Å². The predicted octanol–water partition coefficient (Wildman–Crippen LogP) is 5.87.